The van der Waals surface area contributed by atoms with Gasteiger partial charge in [-0.2, -0.15) is 0 Å². The average Bonchev–Trinajstić information content (AvgIpc) is 1.90. The van der Waals surface area contributed by atoms with Crippen LogP contribution in [0.1, 0.15) is 0 Å². The highest BCUT2D eigenvalue weighted by Crippen LogP contribution is 2.03. The van der Waals surface area contributed by atoms with Gasteiger partial charge in [-0.1, -0.05) is 18.2 Å². The minimum absolute atomic E-state index is 0.660. The molecule has 0 aliphatic rings. The summed E-state index contributed by atoms with van der Waals surface area (Å²) in [5, 5.41) is 0. The number of methoxy groups -OCH3 is 1. The first-order chi connectivity index (χ1) is 3.93. The van der Waals surface area contributed by atoms with Gasteiger partial charge in [0.1, 0.15) is 5.75 Å². The van der Waals surface area contributed by atoms with E-state index in [9.17, 15) is 0 Å². The zero-order valence-corrected chi connectivity index (χ0v) is 4.64. The van der Waals surface area contributed by atoms with Crippen molar-refractivity contribution in [1.29, 1.82) is 0 Å². The highest BCUT2D eigenvalue weighted by Gasteiger charge is 1.82. The molecule has 1 heteroatoms. The van der Waals surface area contributed by atoms with Crippen LogP contribution in [0.4, 0.5) is 0 Å². The summed E-state index contributed by atoms with van der Waals surface area (Å²) < 4.78 is 4.80. The van der Waals surface area contributed by atoms with Gasteiger partial charge in [-0.3, -0.25) is 0 Å². The summed E-state index contributed by atoms with van der Waals surface area (Å²) in [5.74, 6) is 0.660. The van der Waals surface area contributed by atoms with Crippen molar-refractivity contribution in [1.82, 2.24) is 0 Å². The number of hydrogen-bond acceptors (Lipinski definition) is 1. The molecular weight excluding hydrogens is 100 g/mol. The van der Waals surface area contributed by atoms with Gasteiger partial charge >= 0.3 is 0 Å². The topological polar surface area (TPSA) is 9.23 Å². The molecule has 40 valence electrons. The Bertz CT molecular complexity index is 146. The van der Waals surface area contributed by atoms with E-state index in [1.54, 1.807) is 19.2 Å². The second-order valence-corrected chi connectivity index (χ2v) is 1.35. The molecule has 8 heavy (non-hydrogen) atoms. The van der Waals surface area contributed by atoms with Gasteiger partial charge in [0.15, 0.2) is 0 Å². The number of rotatable bonds is 1. The van der Waals surface area contributed by atoms with Crippen LogP contribution in [0, 0.1) is 12.1 Å². The molecule has 0 spiro atoms. The minimum atomic E-state index is 0.660. The molecule has 0 saturated carbocycles. The quantitative estimate of drug-likeness (QED) is 0.524. The van der Waals surface area contributed by atoms with E-state index < -0.39 is 0 Å². The van der Waals surface area contributed by atoms with Gasteiger partial charge in [-0.25, -0.2) is 0 Å². The van der Waals surface area contributed by atoms with Crippen LogP contribution in [0.2, 0.25) is 0 Å². The van der Waals surface area contributed by atoms with Crippen LogP contribution >= 0.6 is 0 Å². The van der Waals surface area contributed by atoms with Crippen LogP contribution in [0.5, 0.6) is 5.75 Å². The zero-order chi connectivity index (χ0) is 5.82. The first-order valence-electron chi connectivity index (χ1n) is 2.36. The SMILES string of the molecule is COc1[c]ccc[c]1. The lowest BCUT2D eigenvalue weighted by atomic mass is 10.3. The average molecular weight is 106 g/mol. The third-order valence-corrected chi connectivity index (χ3v) is 0.825. The summed E-state index contributed by atoms with van der Waals surface area (Å²) in [6.07, 6.45) is 0. The minimum Gasteiger partial charge on any atom is -0.495 e. The van der Waals surface area contributed by atoms with Crippen LogP contribution < -0.4 is 4.74 Å². The van der Waals surface area contributed by atoms with E-state index in [2.05, 4.69) is 12.1 Å². The molecule has 0 aliphatic carbocycles. The van der Waals surface area contributed by atoms with Crippen LogP contribution in [-0.2, 0) is 0 Å². The maximum Gasteiger partial charge on any atom is 0.134 e. The van der Waals surface area contributed by atoms with Gasteiger partial charge in [0.25, 0.3) is 0 Å². The van der Waals surface area contributed by atoms with Crippen LogP contribution in [0.25, 0.3) is 0 Å². The third kappa shape index (κ3) is 0.997. The number of para-hydroxylation sites is 1. The van der Waals surface area contributed by atoms with E-state index in [1.165, 1.54) is 0 Å². The maximum atomic E-state index is 4.80. The molecule has 2 radical (unpaired) electrons. The van der Waals surface area contributed by atoms with Crippen LogP contribution in [0.3, 0.4) is 0 Å². The Labute approximate surface area is 48.9 Å². The van der Waals surface area contributed by atoms with E-state index in [0.717, 1.165) is 0 Å². The van der Waals surface area contributed by atoms with Crippen LogP contribution in [-0.4, -0.2) is 7.11 Å². The summed E-state index contributed by atoms with van der Waals surface area (Å²) in [7, 11) is 1.60. The van der Waals surface area contributed by atoms with E-state index in [1.807, 2.05) is 6.07 Å². The molecule has 0 atom stereocenters. The number of benzene rings is 1. The maximum absolute atomic E-state index is 4.80. The summed E-state index contributed by atoms with van der Waals surface area (Å²) in [6.45, 7) is 0. The molecule has 0 amide bonds. The molecule has 0 bridgehead atoms. The fourth-order valence-corrected chi connectivity index (χ4v) is 0.455. The first kappa shape index (κ1) is 5.16. The molecule has 0 aromatic heterocycles. The van der Waals surface area contributed by atoms with Crippen molar-refractivity contribution in [2.24, 2.45) is 0 Å². The molecule has 0 fully saturated rings. The molecule has 1 aromatic carbocycles. The van der Waals surface area contributed by atoms with E-state index in [0.29, 0.717) is 5.75 Å². The number of hydrogen-bond donors (Lipinski definition) is 0. The Morgan fingerprint density at radius 1 is 1.38 bits per heavy atom. The molecule has 0 aliphatic heterocycles. The normalized spacial score (nSPS) is 8.62. The third-order valence-electron chi connectivity index (χ3n) is 0.825. The van der Waals surface area contributed by atoms with Gasteiger partial charge < -0.3 is 4.74 Å². The van der Waals surface area contributed by atoms with Gasteiger partial charge in [0.2, 0.25) is 0 Å². The van der Waals surface area contributed by atoms with Crippen molar-refractivity contribution in [3.05, 3.63) is 30.3 Å². The summed E-state index contributed by atoms with van der Waals surface area (Å²) in [4.78, 5) is 0. The Balaban J connectivity index is 2.83. The molecule has 1 nitrogen and oxygen atoms in total. The Kier molecular flexibility index (Phi) is 1.52. The van der Waals surface area contributed by atoms with Gasteiger partial charge in [-0.15, -0.1) is 0 Å². The lowest BCUT2D eigenvalue weighted by Gasteiger charge is -1.92. The predicted molar refractivity (Wildman–Crippen MR) is 30.7 cm³/mol. The highest BCUT2D eigenvalue weighted by molar-refractivity contribution is 5.16. The van der Waals surface area contributed by atoms with Crippen molar-refractivity contribution < 1.29 is 4.74 Å². The molecule has 1 rings (SSSR count). The Morgan fingerprint density at radius 2 is 2.00 bits per heavy atom. The van der Waals surface area contributed by atoms with Crippen molar-refractivity contribution in [3.8, 4) is 5.75 Å². The first-order valence-corrected chi connectivity index (χ1v) is 2.36. The van der Waals surface area contributed by atoms with Crippen molar-refractivity contribution in [3.63, 3.8) is 0 Å². The fourth-order valence-electron chi connectivity index (χ4n) is 0.455. The van der Waals surface area contributed by atoms with Gasteiger partial charge in [0.05, 0.1) is 7.11 Å². The summed E-state index contributed by atoms with van der Waals surface area (Å²) in [5.41, 5.74) is 0. The molecule has 0 unspecified atom stereocenters. The highest BCUT2D eigenvalue weighted by atomic mass is 16.5. The van der Waals surface area contributed by atoms with Crippen LogP contribution in [0.15, 0.2) is 18.2 Å². The Morgan fingerprint density at radius 3 is 2.38 bits per heavy atom. The lowest BCUT2D eigenvalue weighted by molar-refractivity contribution is 0.413. The smallest absolute Gasteiger partial charge is 0.134 e. The van der Waals surface area contributed by atoms with Crippen molar-refractivity contribution >= 4 is 0 Å². The second kappa shape index (κ2) is 2.36. The molecule has 0 saturated heterocycles. The summed E-state index contributed by atoms with van der Waals surface area (Å²) >= 11 is 0. The van der Waals surface area contributed by atoms with E-state index >= 15 is 0 Å². The molecule has 0 N–H and O–H groups in total. The van der Waals surface area contributed by atoms with E-state index in [-0.39, 0.29) is 0 Å². The lowest BCUT2D eigenvalue weighted by Crippen LogP contribution is -1.79. The largest absolute Gasteiger partial charge is 0.495 e. The summed E-state index contributed by atoms with van der Waals surface area (Å²) in [6, 6.07) is 11.1. The monoisotopic (exact) mass is 106 g/mol. The molecule has 1 aromatic rings. The molecular formula is C7H6O. The molecule has 0 heterocycles. The standard InChI is InChI=1S/C7H6O/c1-8-7-5-3-2-4-6-7/h2-4H,1H3. The van der Waals surface area contributed by atoms with Gasteiger partial charge in [0, 0.05) is 12.1 Å². The predicted octanol–water partition coefficient (Wildman–Crippen LogP) is 1.30. The zero-order valence-electron chi connectivity index (χ0n) is 4.64. The second-order valence-electron chi connectivity index (χ2n) is 1.35. The van der Waals surface area contributed by atoms with Crippen molar-refractivity contribution in [2.75, 3.05) is 7.11 Å². The van der Waals surface area contributed by atoms with Crippen molar-refractivity contribution in [2.45, 2.75) is 0 Å². The Hall–Kier alpha value is -0.980. The fraction of sp³-hybridized carbons (Fsp3) is 0.143. The van der Waals surface area contributed by atoms with Gasteiger partial charge in [-0.05, 0) is 0 Å². The van der Waals surface area contributed by atoms with E-state index in [4.69, 9.17) is 4.74 Å². The number of ether oxygens (including phenoxy) is 1.